The van der Waals surface area contributed by atoms with E-state index in [0.717, 1.165) is 0 Å². The van der Waals surface area contributed by atoms with Crippen molar-refractivity contribution in [3.05, 3.63) is 35.7 Å². The second-order valence-electron chi connectivity index (χ2n) is 2.55. The van der Waals surface area contributed by atoms with Crippen LogP contribution < -0.4 is 0 Å². The summed E-state index contributed by atoms with van der Waals surface area (Å²) in [5.41, 5.74) is 0.936. The van der Waals surface area contributed by atoms with Gasteiger partial charge in [-0.3, -0.25) is 4.79 Å². The predicted octanol–water partition coefficient (Wildman–Crippen LogP) is 1.44. The number of carbonyl (C=O) groups is 1. The van der Waals surface area contributed by atoms with E-state index in [9.17, 15) is 4.79 Å². The van der Waals surface area contributed by atoms with Crippen molar-refractivity contribution in [1.29, 1.82) is 5.26 Å². The molecule has 1 rings (SSSR count). The van der Waals surface area contributed by atoms with Crippen LogP contribution in [0.2, 0.25) is 0 Å². The van der Waals surface area contributed by atoms with Crippen LogP contribution >= 0.6 is 0 Å². The molecular weight excluding hydrogens is 180 g/mol. The summed E-state index contributed by atoms with van der Waals surface area (Å²) in [6.07, 6.45) is 4.53. The highest BCUT2D eigenvalue weighted by Gasteiger charge is 1.97. The molecule has 0 bridgehead atoms. The predicted molar refractivity (Wildman–Crippen MR) is 50.2 cm³/mol. The molecule has 4 nitrogen and oxygen atoms in total. The van der Waals surface area contributed by atoms with E-state index >= 15 is 0 Å². The molecule has 0 amide bonds. The van der Waals surface area contributed by atoms with Crippen molar-refractivity contribution in [2.45, 2.75) is 6.42 Å². The summed E-state index contributed by atoms with van der Waals surface area (Å²) in [5.74, 6) is -0.899. The molecule has 0 aliphatic heterocycles. The van der Waals surface area contributed by atoms with E-state index in [1.165, 1.54) is 12.3 Å². The summed E-state index contributed by atoms with van der Waals surface area (Å²) in [6.45, 7) is 0. The highest BCUT2D eigenvalue weighted by molar-refractivity contribution is 5.70. The number of carboxylic acid groups (broad SMARTS) is 1. The minimum atomic E-state index is -0.899. The zero-order valence-corrected chi connectivity index (χ0v) is 7.34. The fourth-order valence-electron chi connectivity index (χ4n) is 0.932. The number of carboxylic acids is 1. The van der Waals surface area contributed by atoms with Crippen molar-refractivity contribution >= 4 is 12.0 Å². The fraction of sp³-hybridized carbons (Fsp3) is 0.100. The van der Waals surface area contributed by atoms with Gasteiger partial charge in [-0.25, -0.2) is 4.98 Å². The van der Waals surface area contributed by atoms with Crippen LogP contribution in [0.15, 0.2) is 24.4 Å². The molecule has 0 aliphatic carbocycles. The molecule has 70 valence electrons. The smallest absolute Gasteiger partial charge is 0.307 e. The van der Waals surface area contributed by atoms with Crippen LogP contribution in [0.5, 0.6) is 0 Å². The third-order valence-corrected chi connectivity index (χ3v) is 1.53. The molecule has 0 aliphatic rings. The topological polar surface area (TPSA) is 74.0 Å². The van der Waals surface area contributed by atoms with Crippen molar-refractivity contribution in [2.75, 3.05) is 0 Å². The molecule has 1 aromatic rings. The van der Waals surface area contributed by atoms with Crippen LogP contribution in [0.4, 0.5) is 0 Å². The summed E-state index contributed by atoms with van der Waals surface area (Å²) in [5, 5.41) is 17.1. The van der Waals surface area contributed by atoms with Crippen LogP contribution in [-0.2, 0) is 4.79 Å². The molecule has 0 saturated heterocycles. The van der Waals surface area contributed by atoms with Crippen LogP contribution in [0.3, 0.4) is 0 Å². The van der Waals surface area contributed by atoms with Gasteiger partial charge in [-0.15, -0.1) is 0 Å². The lowest BCUT2D eigenvalue weighted by Gasteiger charge is -1.93. The largest absolute Gasteiger partial charge is 0.481 e. The van der Waals surface area contributed by atoms with Gasteiger partial charge in [-0.2, -0.15) is 5.26 Å². The number of nitrogens with zero attached hydrogens (tertiary/aromatic N) is 2. The van der Waals surface area contributed by atoms with Crippen molar-refractivity contribution in [3.8, 4) is 6.07 Å². The maximum atomic E-state index is 10.2. The Labute approximate surface area is 81.1 Å². The Morgan fingerprint density at radius 1 is 1.71 bits per heavy atom. The Kier molecular flexibility index (Phi) is 3.39. The van der Waals surface area contributed by atoms with Crippen LogP contribution in [0.25, 0.3) is 6.08 Å². The quantitative estimate of drug-likeness (QED) is 0.778. The first-order valence-electron chi connectivity index (χ1n) is 3.97. The molecule has 0 atom stereocenters. The van der Waals surface area contributed by atoms with Crippen LogP contribution in [0.1, 0.15) is 17.7 Å². The van der Waals surface area contributed by atoms with E-state index in [1.54, 1.807) is 18.2 Å². The van der Waals surface area contributed by atoms with Crippen LogP contribution in [0, 0.1) is 11.3 Å². The lowest BCUT2D eigenvalue weighted by Crippen LogP contribution is -1.90. The monoisotopic (exact) mass is 188 g/mol. The summed E-state index contributed by atoms with van der Waals surface area (Å²) >= 11 is 0. The summed E-state index contributed by atoms with van der Waals surface area (Å²) in [4.78, 5) is 14.0. The number of hydrogen-bond donors (Lipinski definition) is 1. The molecular formula is C10H8N2O2. The van der Waals surface area contributed by atoms with Gasteiger partial charge in [-0.05, 0) is 6.07 Å². The van der Waals surface area contributed by atoms with Gasteiger partial charge in [0.15, 0.2) is 0 Å². The molecule has 14 heavy (non-hydrogen) atoms. The van der Waals surface area contributed by atoms with Crippen molar-refractivity contribution in [1.82, 2.24) is 4.98 Å². The third-order valence-electron chi connectivity index (χ3n) is 1.53. The Hall–Kier alpha value is -2.15. The molecule has 0 fully saturated rings. The van der Waals surface area contributed by atoms with Gasteiger partial charge >= 0.3 is 5.97 Å². The maximum Gasteiger partial charge on any atom is 0.307 e. The van der Waals surface area contributed by atoms with Crippen molar-refractivity contribution in [2.24, 2.45) is 0 Å². The second-order valence-corrected chi connectivity index (χ2v) is 2.55. The van der Waals surface area contributed by atoms with E-state index in [1.807, 2.05) is 6.07 Å². The molecule has 0 unspecified atom stereocenters. The number of rotatable bonds is 3. The van der Waals surface area contributed by atoms with Crippen molar-refractivity contribution in [3.63, 3.8) is 0 Å². The first-order valence-corrected chi connectivity index (χ1v) is 3.97. The Balaban J connectivity index is 2.81. The molecule has 4 heteroatoms. The molecule has 0 aromatic carbocycles. The van der Waals surface area contributed by atoms with Crippen molar-refractivity contribution < 1.29 is 9.90 Å². The van der Waals surface area contributed by atoms with Gasteiger partial charge in [0.2, 0.25) is 0 Å². The van der Waals surface area contributed by atoms with E-state index in [4.69, 9.17) is 10.4 Å². The number of hydrogen-bond acceptors (Lipinski definition) is 3. The Morgan fingerprint density at radius 3 is 3.14 bits per heavy atom. The van der Waals surface area contributed by atoms with Gasteiger partial charge in [-0.1, -0.05) is 18.2 Å². The highest BCUT2D eigenvalue weighted by atomic mass is 16.4. The average Bonchev–Trinajstić information content (AvgIpc) is 2.18. The summed E-state index contributed by atoms with van der Waals surface area (Å²) in [7, 11) is 0. The lowest BCUT2D eigenvalue weighted by molar-refractivity contribution is -0.135. The molecule has 1 aromatic heterocycles. The van der Waals surface area contributed by atoms with Crippen LogP contribution in [-0.4, -0.2) is 16.1 Å². The number of aromatic nitrogens is 1. The number of pyridine rings is 1. The van der Waals surface area contributed by atoms with E-state index < -0.39 is 5.97 Å². The highest BCUT2D eigenvalue weighted by Crippen LogP contribution is 2.06. The normalized spacial score (nSPS) is 9.93. The standard InChI is InChI=1S/C10H8N2O2/c11-7-9-8(4-2-6-12-9)3-1-5-10(13)14/h1-4,6H,5H2,(H,13,14). The van der Waals surface area contributed by atoms with Gasteiger partial charge in [0, 0.05) is 11.8 Å². The van der Waals surface area contributed by atoms with E-state index in [2.05, 4.69) is 4.98 Å². The van der Waals surface area contributed by atoms with Gasteiger partial charge in [0.25, 0.3) is 0 Å². The fourth-order valence-corrected chi connectivity index (χ4v) is 0.932. The third kappa shape index (κ3) is 2.72. The van der Waals surface area contributed by atoms with E-state index in [-0.39, 0.29) is 6.42 Å². The molecule has 0 radical (unpaired) electrons. The zero-order chi connectivity index (χ0) is 10.4. The molecule has 1 heterocycles. The SMILES string of the molecule is N#Cc1ncccc1C=CCC(=O)O. The molecule has 0 spiro atoms. The summed E-state index contributed by atoms with van der Waals surface area (Å²) in [6, 6.07) is 5.33. The Bertz CT molecular complexity index is 405. The zero-order valence-electron chi connectivity index (χ0n) is 7.34. The average molecular weight is 188 g/mol. The van der Waals surface area contributed by atoms with E-state index in [0.29, 0.717) is 11.3 Å². The maximum absolute atomic E-state index is 10.2. The first kappa shape index (κ1) is 9.93. The minimum Gasteiger partial charge on any atom is -0.481 e. The second kappa shape index (κ2) is 4.77. The lowest BCUT2D eigenvalue weighted by atomic mass is 10.2. The van der Waals surface area contributed by atoms with Gasteiger partial charge in [0.1, 0.15) is 11.8 Å². The molecule has 0 saturated carbocycles. The number of aliphatic carboxylic acids is 1. The Morgan fingerprint density at radius 2 is 2.50 bits per heavy atom. The van der Waals surface area contributed by atoms with Gasteiger partial charge < -0.3 is 5.11 Å². The molecule has 1 N–H and O–H groups in total. The summed E-state index contributed by atoms with van der Waals surface area (Å²) < 4.78 is 0. The number of nitriles is 1. The first-order chi connectivity index (χ1) is 6.74. The minimum absolute atomic E-state index is 0.0558. The van der Waals surface area contributed by atoms with Gasteiger partial charge in [0.05, 0.1) is 6.42 Å².